The van der Waals surface area contributed by atoms with Gasteiger partial charge in [0.2, 0.25) is 0 Å². The summed E-state index contributed by atoms with van der Waals surface area (Å²) in [4.78, 5) is 0. The molecular formula is C11H16FNO2. The summed E-state index contributed by atoms with van der Waals surface area (Å²) in [6.45, 7) is 2.03. The van der Waals surface area contributed by atoms with E-state index in [1.165, 1.54) is 12.1 Å². The summed E-state index contributed by atoms with van der Waals surface area (Å²) in [6.07, 6.45) is -2.00. The van der Waals surface area contributed by atoms with Crippen LogP contribution in [0, 0.1) is 12.7 Å². The van der Waals surface area contributed by atoms with Crippen molar-refractivity contribution in [1.29, 1.82) is 0 Å². The Bertz CT molecular complexity index is 330. The van der Waals surface area contributed by atoms with E-state index in [4.69, 9.17) is 0 Å². The fourth-order valence-corrected chi connectivity index (χ4v) is 1.46. The molecule has 0 heterocycles. The summed E-state index contributed by atoms with van der Waals surface area (Å²) in [7, 11) is 1.67. The summed E-state index contributed by atoms with van der Waals surface area (Å²) in [5.74, 6) is -0.411. The number of benzene rings is 1. The lowest BCUT2D eigenvalue weighted by molar-refractivity contribution is 0.0197. The van der Waals surface area contributed by atoms with E-state index < -0.39 is 18.0 Å². The zero-order valence-electron chi connectivity index (χ0n) is 8.87. The van der Waals surface area contributed by atoms with E-state index in [0.29, 0.717) is 5.56 Å². The number of hydrogen-bond donors (Lipinski definition) is 3. The molecule has 3 N–H and O–H groups in total. The van der Waals surface area contributed by atoms with Crippen LogP contribution >= 0.6 is 0 Å². The Morgan fingerprint density at radius 2 is 2.07 bits per heavy atom. The second kappa shape index (κ2) is 5.21. The molecule has 0 amide bonds. The Balaban J connectivity index is 2.89. The molecule has 1 aromatic carbocycles. The average molecular weight is 213 g/mol. The molecule has 0 fully saturated rings. The topological polar surface area (TPSA) is 52.5 Å². The number of halogens is 1. The first kappa shape index (κ1) is 12.1. The fraction of sp³-hybridized carbons (Fsp3) is 0.455. The predicted octanol–water partition coefficient (Wildman–Crippen LogP) is 0.748. The lowest BCUT2D eigenvalue weighted by Crippen LogP contribution is -2.30. The molecule has 0 spiro atoms. The van der Waals surface area contributed by atoms with Gasteiger partial charge in [-0.05, 0) is 37.2 Å². The summed E-state index contributed by atoms with van der Waals surface area (Å²) >= 11 is 0. The highest BCUT2D eigenvalue weighted by atomic mass is 19.1. The van der Waals surface area contributed by atoms with Crippen molar-refractivity contribution in [3.8, 4) is 0 Å². The maximum Gasteiger partial charge on any atom is 0.123 e. The highest BCUT2D eigenvalue weighted by Crippen LogP contribution is 2.21. The van der Waals surface area contributed by atoms with Crippen molar-refractivity contribution in [2.24, 2.45) is 0 Å². The Morgan fingerprint density at radius 1 is 1.40 bits per heavy atom. The third kappa shape index (κ3) is 2.99. The monoisotopic (exact) mass is 213 g/mol. The summed E-state index contributed by atoms with van der Waals surface area (Å²) in [6, 6.07) is 4.16. The van der Waals surface area contributed by atoms with Gasteiger partial charge in [0.25, 0.3) is 0 Å². The first-order valence-electron chi connectivity index (χ1n) is 4.83. The summed E-state index contributed by atoms with van der Waals surface area (Å²) in [5, 5.41) is 22.1. The van der Waals surface area contributed by atoms with Crippen LogP contribution in [0.15, 0.2) is 18.2 Å². The van der Waals surface area contributed by atoms with Gasteiger partial charge in [0, 0.05) is 6.54 Å². The van der Waals surface area contributed by atoms with E-state index in [0.717, 1.165) is 5.56 Å². The molecule has 0 aliphatic heterocycles. The molecule has 0 aliphatic carbocycles. The van der Waals surface area contributed by atoms with Crippen LogP contribution in [-0.2, 0) is 0 Å². The zero-order chi connectivity index (χ0) is 11.4. The lowest BCUT2D eigenvalue weighted by Gasteiger charge is -2.19. The van der Waals surface area contributed by atoms with Gasteiger partial charge >= 0.3 is 0 Å². The standard InChI is InChI=1S/C11H16FNO2/c1-7-3-4-8(12)5-9(7)11(15)10(14)6-13-2/h3-5,10-11,13-15H,6H2,1-2H3. The van der Waals surface area contributed by atoms with Gasteiger partial charge in [0.1, 0.15) is 11.9 Å². The van der Waals surface area contributed by atoms with E-state index in [9.17, 15) is 14.6 Å². The molecule has 1 rings (SSSR count). The first-order valence-corrected chi connectivity index (χ1v) is 4.83. The number of nitrogens with one attached hydrogen (secondary N) is 1. The molecule has 0 aromatic heterocycles. The van der Waals surface area contributed by atoms with Crippen molar-refractivity contribution in [2.45, 2.75) is 19.1 Å². The van der Waals surface area contributed by atoms with Crippen molar-refractivity contribution in [1.82, 2.24) is 5.32 Å². The van der Waals surface area contributed by atoms with Gasteiger partial charge < -0.3 is 15.5 Å². The van der Waals surface area contributed by atoms with Gasteiger partial charge in [-0.1, -0.05) is 6.07 Å². The Kier molecular flexibility index (Phi) is 4.20. The molecule has 84 valence electrons. The Morgan fingerprint density at radius 3 is 2.67 bits per heavy atom. The molecule has 0 saturated heterocycles. The molecule has 1 aromatic rings. The highest BCUT2D eigenvalue weighted by Gasteiger charge is 2.19. The fourth-order valence-electron chi connectivity index (χ4n) is 1.46. The first-order chi connectivity index (χ1) is 7.06. The van der Waals surface area contributed by atoms with E-state index in [1.54, 1.807) is 20.0 Å². The summed E-state index contributed by atoms with van der Waals surface area (Å²) in [5.41, 5.74) is 1.19. The van der Waals surface area contributed by atoms with Crippen LogP contribution in [0.1, 0.15) is 17.2 Å². The van der Waals surface area contributed by atoms with E-state index in [2.05, 4.69) is 5.32 Å². The molecule has 3 nitrogen and oxygen atoms in total. The minimum absolute atomic E-state index is 0.261. The highest BCUT2D eigenvalue weighted by molar-refractivity contribution is 5.29. The summed E-state index contributed by atoms with van der Waals surface area (Å²) < 4.78 is 12.9. The maximum atomic E-state index is 12.9. The molecule has 0 bridgehead atoms. The number of aliphatic hydroxyl groups is 2. The second-order valence-corrected chi connectivity index (χ2v) is 3.57. The van der Waals surface area contributed by atoms with Crippen LogP contribution in [0.4, 0.5) is 4.39 Å². The largest absolute Gasteiger partial charge is 0.389 e. The van der Waals surface area contributed by atoms with E-state index >= 15 is 0 Å². The minimum atomic E-state index is -1.06. The number of rotatable bonds is 4. The van der Waals surface area contributed by atoms with Crippen molar-refractivity contribution in [3.05, 3.63) is 35.1 Å². The van der Waals surface area contributed by atoms with Gasteiger partial charge in [-0.2, -0.15) is 0 Å². The van der Waals surface area contributed by atoms with Crippen LogP contribution in [0.3, 0.4) is 0 Å². The maximum absolute atomic E-state index is 12.9. The van der Waals surface area contributed by atoms with Crippen molar-refractivity contribution < 1.29 is 14.6 Å². The predicted molar refractivity (Wildman–Crippen MR) is 56.0 cm³/mol. The van der Waals surface area contributed by atoms with Crippen LogP contribution in [-0.4, -0.2) is 29.9 Å². The van der Waals surface area contributed by atoms with Crippen LogP contribution in [0.5, 0.6) is 0 Å². The van der Waals surface area contributed by atoms with Gasteiger partial charge in [0.05, 0.1) is 6.10 Å². The molecule has 2 atom stereocenters. The number of aryl methyl sites for hydroxylation is 1. The molecule has 0 radical (unpaired) electrons. The number of hydrogen-bond acceptors (Lipinski definition) is 3. The van der Waals surface area contributed by atoms with Gasteiger partial charge in [-0.15, -0.1) is 0 Å². The third-order valence-corrected chi connectivity index (χ3v) is 2.34. The second-order valence-electron chi connectivity index (χ2n) is 3.57. The molecular weight excluding hydrogens is 197 g/mol. The quantitative estimate of drug-likeness (QED) is 0.691. The zero-order valence-corrected chi connectivity index (χ0v) is 8.87. The molecule has 0 aliphatic rings. The molecule has 4 heteroatoms. The Labute approximate surface area is 88.6 Å². The van der Waals surface area contributed by atoms with Gasteiger partial charge in [-0.25, -0.2) is 4.39 Å². The van der Waals surface area contributed by atoms with Crippen molar-refractivity contribution in [2.75, 3.05) is 13.6 Å². The van der Waals surface area contributed by atoms with Crippen LogP contribution in [0.25, 0.3) is 0 Å². The lowest BCUT2D eigenvalue weighted by atomic mass is 9.99. The minimum Gasteiger partial charge on any atom is -0.389 e. The van der Waals surface area contributed by atoms with Crippen LogP contribution in [0.2, 0.25) is 0 Å². The third-order valence-electron chi connectivity index (χ3n) is 2.34. The van der Waals surface area contributed by atoms with E-state index in [-0.39, 0.29) is 6.54 Å². The molecule has 15 heavy (non-hydrogen) atoms. The van der Waals surface area contributed by atoms with Crippen molar-refractivity contribution in [3.63, 3.8) is 0 Å². The average Bonchev–Trinajstić information content (AvgIpc) is 2.21. The molecule has 0 saturated carbocycles. The van der Waals surface area contributed by atoms with Crippen molar-refractivity contribution >= 4 is 0 Å². The number of aliphatic hydroxyl groups excluding tert-OH is 2. The van der Waals surface area contributed by atoms with Gasteiger partial charge in [-0.3, -0.25) is 0 Å². The SMILES string of the molecule is CNCC(O)C(O)c1cc(F)ccc1C. The van der Waals surface area contributed by atoms with E-state index in [1.807, 2.05) is 0 Å². The normalized spacial score (nSPS) is 15.0. The Hall–Kier alpha value is -0.970. The number of likely N-dealkylation sites (N-methyl/N-ethyl adjacent to an activating group) is 1. The smallest absolute Gasteiger partial charge is 0.123 e. The van der Waals surface area contributed by atoms with Crippen LogP contribution < -0.4 is 5.32 Å². The van der Waals surface area contributed by atoms with Gasteiger partial charge in [0.15, 0.2) is 0 Å². The molecule has 2 unspecified atom stereocenters.